The number of carboxylic acids is 1. The lowest BCUT2D eigenvalue weighted by Gasteiger charge is -2.04. The zero-order chi connectivity index (χ0) is 11.6. The van der Waals surface area contributed by atoms with Crippen LogP contribution in [0.2, 0.25) is 0 Å². The van der Waals surface area contributed by atoms with Crippen molar-refractivity contribution in [2.45, 2.75) is 25.8 Å². The van der Waals surface area contributed by atoms with Crippen LogP contribution in [-0.2, 0) is 18.3 Å². The summed E-state index contributed by atoms with van der Waals surface area (Å²) in [7, 11) is 1.73. The number of aromatic nitrogens is 2. The average molecular weight is 213 g/mol. The van der Waals surface area contributed by atoms with E-state index in [0.29, 0.717) is 12.0 Å². The second-order valence-electron chi connectivity index (χ2n) is 3.55. The molecule has 0 aliphatic carbocycles. The first-order valence-electron chi connectivity index (χ1n) is 4.66. The predicted molar refractivity (Wildman–Crippen MR) is 54.7 cm³/mol. The Hall–Kier alpha value is -1.56. The van der Waals surface area contributed by atoms with E-state index >= 15 is 0 Å². The third-order valence-corrected chi connectivity index (χ3v) is 2.51. The lowest BCUT2D eigenvalue weighted by atomic mass is 10.1. The Balaban J connectivity index is 2.74. The van der Waals surface area contributed by atoms with E-state index in [4.69, 9.17) is 10.8 Å². The number of H-pyrrole nitrogens is 1. The lowest BCUT2D eigenvalue weighted by Crippen LogP contribution is -2.31. The van der Waals surface area contributed by atoms with E-state index < -0.39 is 12.0 Å². The molecule has 0 saturated heterocycles. The molecule has 0 bridgehead atoms. The van der Waals surface area contributed by atoms with Gasteiger partial charge in [-0.25, -0.2) is 0 Å². The number of nitrogens with zero attached hydrogens (tertiary/aromatic N) is 1. The van der Waals surface area contributed by atoms with Gasteiger partial charge in [0.1, 0.15) is 6.04 Å². The van der Waals surface area contributed by atoms with Crippen LogP contribution in [-0.4, -0.2) is 26.9 Å². The number of aliphatic carboxylic acids is 1. The van der Waals surface area contributed by atoms with Gasteiger partial charge in [-0.15, -0.1) is 0 Å². The van der Waals surface area contributed by atoms with Crippen molar-refractivity contribution in [3.63, 3.8) is 0 Å². The summed E-state index contributed by atoms with van der Waals surface area (Å²) in [5, 5.41) is 11.2. The Labute approximate surface area is 86.7 Å². The molecule has 0 amide bonds. The van der Waals surface area contributed by atoms with E-state index in [1.54, 1.807) is 18.7 Å². The van der Waals surface area contributed by atoms with Gasteiger partial charge in [-0.3, -0.25) is 19.4 Å². The van der Waals surface area contributed by atoms with E-state index in [2.05, 4.69) is 5.10 Å². The fraction of sp³-hybridized carbons (Fsp3) is 0.556. The zero-order valence-electron chi connectivity index (χ0n) is 8.78. The predicted octanol–water partition coefficient (Wildman–Crippen LogP) is -0.634. The van der Waals surface area contributed by atoms with Gasteiger partial charge in [0.25, 0.3) is 5.56 Å². The van der Waals surface area contributed by atoms with Gasteiger partial charge >= 0.3 is 5.97 Å². The molecule has 15 heavy (non-hydrogen) atoms. The molecule has 0 spiro atoms. The first kappa shape index (κ1) is 11.5. The molecule has 6 heteroatoms. The van der Waals surface area contributed by atoms with Crippen LogP contribution in [0.25, 0.3) is 0 Å². The minimum absolute atomic E-state index is 0.174. The summed E-state index contributed by atoms with van der Waals surface area (Å²) < 4.78 is 1.62. The van der Waals surface area contributed by atoms with Gasteiger partial charge in [0.05, 0.1) is 0 Å². The summed E-state index contributed by atoms with van der Waals surface area (Å²) in [4.78, 5) is 21.9. The molecule has 84 valence electrons. The molecule has 0 aliphatic heterocycles. The van der Waals surface area contributed by atoms with Crippen molar-refractivity contribution in [2.75, 3.05) is 0 Å². The number of carbonyl (C=O) groups is 1. The summed E-state index contributed by atoms with van der Waals surface area (Å²) in [6.07, 6.45) is 0.652. The second kappa shape index (κ2) is 4.31. The maximum atomic E-state index is 11.4. The number of nitrogens with two attached hydrogens (primary N) is 1. The standard InChI is InChI=1S/C9H15N3O3/c1-5-6(8(13)11-12(5)2)3-4-7(10)9(14)15/h7H,3-4,10H2,1-2H3,(H,11,13)(H,14,15)/t7-/m1/s1. The van der Waals surface area contributed by atoms with E-state index in [1.807, 2.05) is 0 Å². The minimum atomic E-state index is -1.04. The SMILES string of the molecule is Cc1c(CC[C@@H](N)C(=O)O)c(=O)[nH]n1C. The molecule has 0 unspecified atom stereocenters. The molecule has 0 aliphatic rings. The second-order valence-corrected chi connectivity index (χ2v) is 3.55. The molecule has 1 aromatic heterocycles. The number of hydrogen-bond acceptors (Lipinski definition) is 3. The normalized spacial score (nSPS) is 12.7. The highest BCUT2D eigenvalue weighted by molar-refractivity contribution is 5.73. The molecule has 4 N–H and O–H groups in total. The van der Waals surface area contributed by atoms with Gasteiger partial charge in [0, 0.05) is 18.3 Å². The number of nitrogens with one attached hydrogen (secondary N) is 1. The number of carboxylic acid groups (broad SMARTS) is 1. The molecule has 1 heterocycles. The van der Waals surface area contributed by atoms with Crippen LogP contribution >= 0.6 is 0 Å². The Morgan fingerprint density at radius 3 is 2.67 bits per heavy atom. The molecule has 1 atom stereocenters. The van der Waals surface area contributed by atoms with Crippen LogP contribution in [0, 0.1) is 6.92 Å². The summed E-state index contributed by atoms with van der Waals surface area (Å²) in [5.74, 6) is -1.04. The Morgan fingerprint density at radius 1 is 1.67 bits per heavy atom. The molecule has 0 aromatic carbocycles. The molecule has 1 rings (SSSR count). The van der Waals surface area contributed by atoms with E-state index in [0.717, 1.165) is 5.69 Å². The van der Waals surface area contributed by atoms with Crippen molar-refractivity contribution in [3.05, 3.63) is 21.6 Å². The van der Waals surface area contributed by atoms with Gasteiger partial charge in [0.15, 0.2) is 0 Å². The number of rotatable bonds is 4. The van der Waals surface area contributed by atoms with Gasteiger partial charge in [-0.1, -0.05) is 0 Å². The van der Waals surface area contributed by atoms with Crippen LogP contribution in [0.4, 0.5) is 0 Å². The highest BCUT2D eigenvalue weighted by Crippen LogP contribution is 2.05. The van der Waals surface area contributed by atoms with Gasteiger partial charge in [-0.05, 0) is 19.8 Å². The van der Waals surface area contributed by atoms with Crippen molar-refractivity contribution >= 4 is 5.97 Å². The quantitative estimate of drug-likeness (QED) is 0.619. The maximum absolute atomic E-state index is 11.4. The van der Waals surface area contributed by atoms with Crippen molar-refractivity contribution in [1.29, 1.82) is 0 Å². The van der Waals surface area contributed by atoms with Gasteiger partial charge in [0.2, 0.25) is 0 Å². The van der Waals surface area contributed by atoms with Crippen molar-refractivity contribution in [2.24, 2.45) is 12.8 Å². The zero-order valence-corrected chi connectivity index (χ0v) is 8.78. The maximum Gasteiger partial charge on any atom is 0.320 e. The summed E-state index contributed by atoms with van der Waals surface area (Å²) in [5.41, 5.74) is 6.60. The Bertz CT molecular complexity index is 419. The number of aryl methyl sites for hydroxylation is 1. The van der Waals surface area contributed by atoms with Crippen LogP contribution in [0.5, 0.6) is 0 Å². The Morgan fingerprint density at radius 2 is 2.27 bits per heavy atom. The molecule has 0 saturated carbocycles. The molecular weight excluding hydrogens is 198 g/mol. The third kappa shape index (κ3) is 2.47. The first-order chi connectivity index (χ1) is 6.93. The van der Waals surface area contributed by atoms with Crippen LogP contribution in [0.15, 0.2) is 4.79 Å². The highest BCUT2D eigenvalue weighted by atomic mass is 16.4. The fourth-order valence-corrected chi connectivity index (χ4v) is 1.39. The van der Waals surface area contributed by atoms with E-state index in [-0.39, 0.29) is 12.0 Å². The Kier molecular flexibility index (Phi) is 3.31. The fourth-order valence-electron chi connectivity index (χ4n) is 1.39. The first-order valence-corrected chi connectivity index (χ1v) is 4.66. The minimum Gasteiger partial charge on any atom is -0.480 e. The lowest BCUT2D eigenvalue weighted by molar-refractivity contribution is -0.138. The van der Waals surface area contributed by atoms with Crippen LogP contribution in [0.3, 0.4) is 0 Å². The van der Waals surface area contributed by atoms with Gasteiger partial charge in [-0.2, -0.15) is 0 Å². The average Bonchev–Trinajstić information content (AvgIpc) is 2.38. The smallest absolute Gasteiger partial charge is 0.320 e. The van der Waals surface area contributed by atoms with E-state index in [1.165, 1.54) is 0 Å². The van der Waals surface area contributed by atoms with Crippen LogP contribution < -0.4 is 11.3 Å². The molecule has 0 radical (unpaired) electrons. The summed E-state index contributed by atoms with van der Waals surface area (Å²) in [6.45, 7) is 1.81. The molecule has 0 fully saturated rings. The van der Waals surface area contributed by atoms with Crippen molar-refractivity contribution in [3.8, 4) is 0 Å². The number of hydrogen-bond donors (Lipinski definition) is 3. The van der Waals surface area contributed by atoms with Gasteiger partial charge < -0.3 is 10.8 Å². The van der Waals surface area contributed by atoms with E-state index in [9.17, 15) is 9.59 Å². The largest absolute Gasteiger partial charge is 0.480 e. The molecule has 1 aromatic rings. The number of aromatic amines is 1. The topological polar surface area (TPSA) is 101 Å². The van der Waals surface area contributed by atoms with Crippen molar-refractivity contribution < 1.29 is 9.90 Å². The summed E-state index contributed by atoms with van der Waals surface area (Å²) in [6, 6.07) is -0.913. The third-order valence-electron chi connectivity index (χ3n) is 2.51. The monoisotopic (exact) mass is 213 g/mol. The van der Waals surface area contributed by atoms with Crippen molar-refractivity contribution in [1.82, 2.24) is 9.78 Å². The highest BCUT2D eigenvalue weighted by Gasteiger charge is 2.14. The molecule has 6 nitrogen and oxygen atoms in total. The van der Waals surface area contributed by atoms with Crippen LogP contribution in [0.1, 0.15) is 17.7 Å². The molecular formula is C9H15N3O3. The summed E-state index contributed by atoms with van der Waals surface area (Å²) >= 11 is 0.